The molecule has 0 unspecified atom stereocenters. The molecule has 0 fully saturated rings. The van der Waals surface area contributed by atoms with E-state index < -0.39 is 0 Å². The highest BCUT2D eigenvalue weighted by molar-refractivity contribution is 9.10. The predicted molar refractivity (Wildman–Crippen MR) is 131 cm³/mol. The molecule has 1 N–H and O–H groups in total. The van der Waals surface area contributed by atoms with Gasteiger partial charge >= 0.3 is 0 Å². The summed E-state index contributed by atoms with van der Waals surface area (Å²) in [5.41, 5.74) is 1.13. The molecular formula is C26H28BrNO4. The van der Waals surface area contributed by atoms with Gasteiger partial charge in [-0.05, 0) is 70.7 Å². The Bertz CT molecular complexity index is 1010. The van der Waals surface area contributed by atoms with Crippen molar-refractivity contribution in [3.05, 3.63) is 82.8 Å². The van der Waals surface area contributed by atoms with Gasteiger partial charge in [-0.15, -0.1) is 0 Å². The van der Waals surface area contributed by atoms with E-state index in [2.05, 4.69) is 35.1 Å². The molecule has 0 saturated heterocycles. The molecule has 0 aromatic heterocycles. The maximum Gasteiger partial charge on any atom is 0.255 e. The van der Waals surface area contributed by atoms with E-state index in [0.717, 1.165) is 22.4 Å². The quantitative estimate of drug-likeness (QED) is 0.303. The maximum absolute atomic E-state index is 12.8. The van der Waals surface area contributed by atoms with Crippen molar-refractivity contribution in [3.8, 4) is 17.2 Å². The molecule has 3 rings (SSSR count). The lowest BCUT2D eigenvalue weighted by atomic mass is 10.1. The molecule has 0 atom stereocenters. The van der Waals surface area contributed by atoms with Crippen LogP contribution in [0.5, 0.6) is 17.2 Å². The Morgan fingerprint density at radius 1 is 0.844 bits per heavy atom. The summed E-state index contributed by atoms with van der Waals surface area (Å²) >= 11 is 3.50. The van der Waals surface area contributed by atoms with Gasteiger partial charge < -0.3 is 19.5 Å². The van der Waals surface area contributed by atoms with Crippen LogP contribution >= 0.6 is 15.9 Å². The van der Waals surface area contributed by atoms with Gasteiger partial charge in [0, 0.05) is 5.56 Å². The monoisotopic (exact) mass is 497 g/mol. The van der Waals surface area contributed by atoms with E-state index in [1.54, 1.807) is 12.1 Å². The van der Waals surface area contributed by atoms with Gasteiger partial charge in [0.15, 0.2) is 0 Å². The van der Waals surface area contributed by atoms with Gasteiger partial charge in [0.05, 0.1) is 16.8 Å². The van der Waals surface area contributed by atoms with Crippen molar-refractivity contribution in [1.82, 2.24) is 0 Å². The molecule has 0 spiro atoms. The van der Waals surface area contributed by atoms with Crippen LogP contribution in [0.4, 0.5) is 5.69 Å². The van der Waals surface area contributed by atoms with Crippen LogP contribution in [0.1, 0.15) is 30.6 Å². The summed E-state index contributed by atoms with van der Waals surface area (Å²) in [5.74, 6) is 2.46. The number of ether oxygens (including phenoxy) is 3. The number of hydrogen-bond donors (Lipinski definition) is 1. The molecule has 0 radical (unpaired) electrons. The zero-order chi connectivity index (χ0) is 22.8. The number of halogens is 1. The molecule has 168 valence electrons. The number of hydrogen-bond acceptors (Lipinski definition) is 4. The molecule has 3 aromatic rings. The lowest BCUT2D eigenvalue weighted by molar-refractivity contribution is 0.102. The van der Waals surface area contributed by atoms with E-state index in [0.29, 0.717) is 42.7 Å². The van der Waals surface area contributed by atoms with Gasteiger partial charge in [0.2, 0.25) is 0 Å². The lowest BCUT2D eigenvalue weighted by Crippen LogP contribution is -2.14. The van der Waals surface area contributed by atoms with Gasteiger partial charge in [0.1, 0.15) is 30.5 Å². The van der Waals surface area contributed by atoms with Crippen molar-refractivity contribution in [2.75, 3.05) is 25.1 Å². The fourth-order valence-corrected chi connectivity index (χ4v) is 3.38. The average Bonchev–Trinajstić information content (AvgIpc) is 2.79. The van der Waals surface area contributed by atoms with Gasteiger partial charge in [-0.3, -0.25) is 4.79 Å². The summed E-state index contributed by atoms with van der Waals surface area (Å²) in [6, 6.07) is 22.2. The van der Waals surface area contributed by atoms with Crippen molar-refractivity contribution in [3.63, 3.8) is 0 Å². The third kappa shape index (κ3) is 7.31. The minimum Gasteiger partial charge on any atom is -0.492 e. The topological polar surface area (TPSA) is 56.8 Å². The summed E-state index contributed by atoms with van der Waals surface area (Å²) < 4.78 is 18.0. The number of carbonyl (C=O) groups is 1. The second kappa shape index (κ2) is 12.2. The summed E-state index contributed by atoms with van der Waals surface area (Å²) in [5, 5.41) is 2.92. The Balaban J connectivity index is 1.56. The summed E-state index contributed by atoms with van der Waals surface area (Å²) in [7, 11) is 0. The number of rotatable bonds is 11. The van der Waals surface area contributed by atoms with Crippen molar-refractivity contribution in [1.29, 1.82) is 0 Å². The molecule has 0 bridgehead atoms. The molecule has 5 nitrogen and oxygen atoms in total. The van der Waals surface area contributed by atoms with Crippen LogP contribution in [0.2, 0.25) is 0 Å². The van der Waals surface area contributed by atoms with Crippen LogP contribution in [-0.4, -0.2) is 25.7 Å². The van der Waals surface area contributed by atoms with E-state index in [9.17, 15) is 4.79 Å². The zero-order valence-corrected chi connectivity index (χ0v) is 19.9. The highest BCUT2D eigenvalue weighted by atomic mass is 79.9. The summed E-state index contributed by atoms with van der Waals surface area (Å²) in [4.78, 5) is 12.8. The van der Waals surface area contributed by atoms with Crippen LogP contribution in [0.3, 0.4) is 0 Å². The molecule has 0 aliphatic carbocycles. The summed E-state index contributed by atoms with van der Waals surface area (Å²) in [6.45, 7) is 5.71. The minimum atomic E-state index is -0.226. The van der Waals surface area contributed by atoms with Crippen LogP contribution in [0.15, 0.2) is 77.3 Å². The van der Waals surface area contributed by atoms with Gasteiger partial charge in [-0.1, -0.05) is 44.2 Å². The van der Waals surface area contributed by atoms with Crippen LogP contribution in [-0.2, 0) is 0 Å². The van der Waals surface area contributed by atoms with E-state index in [1.165, 1.54) is 0 Å². The van der Waals surface area contributed by atoms with Gasteiger partial charge in [-0.2, -0.15) is 0 Å². The molecule has 1 amide bonds. The first-order chi connectivity index (χ1) is 15.5. The Labute approximate surface area is 197 Å². The smallest absolute Gasteiger partial charge is 0.255 e. The first-order valence-corrected chi connectivity index (χ1v) is 11.5. The first-order valence-electron chi connectivity index (χ1n) is 10.7. The molecule has 0 heterocycles. The second-order valence-electron chi connectivity index (χ2n) is 7.64. The Morgan fingerprint density at radius 2 is 1.53 bits per heavy atom. The third-order valence-corrected chi connectivity index (χ3v) is 5.25. The minimum absolute atomic E-state index is 0.226. The van der Waals surface area contributed by atoms with Crippen molar-refractivity contribution in [2.24, 2.45) is 5.92 Å². The number of para-hydroxylation sites is 3. The number of amides is 1. The largest absolute Gasteiger partial charge is 0.492 e. The van der Waals surface area contributed by atoms with E-state index in [1.807, 2.05) is 60.7 Å². The molecule has 6 heteroatoms. The molecule has 32 heavy (non-hydrogen) atoms. The lowest BCUT2D eigenvalue weighted by Gasteiger charge is -2.14. The molecule has 0 saturated carbocycles. The molecule has 3 aromatic carbocycles. The van der Waals surface area contributed by atoms with Gasteiger partial charge in [-0.25, -0.2) is 0 Å². The highest BCUT2D eigenvalue weighted by Crippen LogP contribution is 2.28. The van der Waals surface area contributed by atoms with Crippen LogP contribution in [0, 0.1) is 5.92 Å². The SMILES string of the molecule is CC(C)CCOc1ccc(C(=O)Nc2ccccc2OCCOc2ccccc2)cc1Br. The van der Waals surface area contributed by atoms with Crippen molar-refractivity contribution < 1.29 is 19.0 Å². The third-order valence-electron chi connectivity index (χ3n) is 4.63. The van der Waals surface area contributed by atoms with Crippen LogP contribution in [0.25, 0.3) is 0 Å². The predicted octanol–water partition coefficient (Wildman–Crippen LogP) is 6.58. The van der Waals surface area contributed by atoms with E-state index in [-0.39, 0.29) is 5.91 Å². The first kappa shape index (κ1) is 23.7. The number of anilines is 1. The van der Waals surface area contributed by atoms with Crippen molar-refractivity contribution >= 4 is 27.5 Å². The highest BCUT2D eigenvalue weighted by Gasteiger charge is 2.12. The van der Waals surface area contributed by atoms with Crippen LogP contribution < -0.4 is 19.5 Å². The van der Waals surface area contributed by atoms with Crippen molar-refractivity contribution in [2.45, 2.75) is 20.3 Å². The number of carbonyl (C=O) groups excluding carboxylic acids is 1. The second-order valence-corrected chi connectivity index (χ2v) is 8.49. The fraction of sp³-hybridized carbons (Fsp3) is 0.269. The maximum atomic E-state index is 12.8. The van der Waals surface area contributed by atoms with Gasteiger partial charge in [0.25, 0.3) is 5.91 Å². The number of benzene rings is 3. The molecular weight excluding hydrogens is 470 g/mol. The molecule has 0 aliphatic heterocycles. The normalized spacial score (nSPS) is 10.6. The van der Waals surface area contributed by atoms with E-state index in [4.69, 9.17) is 14.2 Å². The Kier molecular flexibility index (Phi) is 8.99. The van der Waals surface area contributed by atoms with E-state index >= 15 is 0 Å². The Morgan fingerprint density at radius 3 is 2.28 bits per heavy atom. The fourth-order valence-electron chi connectivity index (χ4n) is 2.88. The number of nitrogens with one attached hydrogen (secondary N) is 1. The average molecular weight is 498 g/mol. The summed E-state index contributed by atoms with van der Waals surface area (Å²) in [6.07, 6.45) is 0.974. The molecule has 0 aliphatic rings. The Hall–Kier alpha value is -2.99. The standard InChI is InChI=1S/C26H28BrNO4/c1-19(2)14-15-31-24-13-12-20(18-22(24)27)26(29)28-23-10-6-7-11-25(23)32-17-16-30-21-8-4-3-5-9-21/h3-13,18-19H,14-17H2,1-2H3,(H,28,29). The zero-order valence-electron chi connectivity index (χ0n) is 18.3.